The van der Waals surface area contributed by atoms with Crippen LogP contribution < -0.4 is 20.0 Å². The van der Waals surface area contributed by atoms with E-state index in [0.717, 1.165) is 76.0 Å². The minimum Gasteiger partial charge on any atom is -0.369 e. The molecule has 0 radical (unpaired) electrons. The van der Waals surface area contributed by atoms with Crippen LogP contribution in [0, 0.1) is 6.92 Å². The molecular weight excluding hydrogens is 500 g/mol. The fourth-order valence-corrected chi connectivity index (χ4v) is 5.21. The first kappa shape index (κ1) is 25.9. The second kappa shape index (κ2) is 11.8. The molecule has 2 aliphatic heterocycles. The van der Waals surface area contributed by atoms with E-state index in [9.17, 15) is 0 Å². The molecule has 2 aliphatic rings. The molecule has 6 rings (SSSR count). The van der Waals surface area contributed by atoms with Crippen LogP contribution in [0.4, 0.5) is 29.2 Å². The van der Waals surface area contributed by atoms with Crippen molar-refractivity contribution in [1.29, 1.82) is 0 Å². The lowest BCUT2D eigenvalue weighted by Crippen LogP contribution is -2.47. The zero-order valence-electron chi connectivity index (χ0n) is 23.2. The van der Waals surface area contributed by atoms with E-state index in [0.29, 0.717) is 11.9 Å². The highest BCUT2D eigenvalue weighted by Crippen LogP contribution is 2.26. The maximum Gasteiger partial charge on any atom is 0.232 e. The molecule has 4 aromatic rings. The fraction of sp³-hybridized carbons (Fsp3) is 0.367. The summed E-state index contributed by atoms with van der Waals surface area (Å²) in [5.41, 5.74) is 5.81. The molecule has 0 spiro atoms. The summed E-state index contributed by atoms with van der Waals surface area (Å²) >= 11 is 0. The van der Waals surface area contributed by atoms with Crippen molar-refractivity contribution in [3.05, 3.63) is 83.9 Å². The number of aryl methyl sites for hydroxylation is 1. The third-order valence-electron chi connectivity index (χ3n) is 7.67. The Morgan fingerprint density at radius 2 is 1.38 bits per heavy atom. The van der Waals surface area contributed by atoms with Gasteiger partial charge in [0.15, 0.2) is 0 Å². The van der Waals surface area contributed by atoms with E-state index >= 15 is 0 Å². The fourth-order valence-electron chi connectivity index (χ4n) is 5.21. The van der Waals surface area contributed by atoms with Gasteiger partial charge in [0.2, 0.25) is 17.8 Å². The van der Waals surface area contributed by atoms with E-state index in [1.165, 1.54) is 16.8 Å². The Morgan fingerprint density at radius 1 is 0.700 bits per heavy atom. The SMILES string of the molecule is Cc1cc(N2CCN(C)CC2)ccc1Nc1ncnc(N2CCN(c3ncc(Cc4ccccc4)cn3)CC2)n1. The van der Waals surface area contributed by atoms with Crippen molar-refractivity contribution < 1.29 is 0 Å². The van der Waals surface area contributed by atoms with E-state index in [1.54, 1.807) is 6.33 Å². The Labute approximate surface area is 235 Å². The number of piperazine rings is 2. The van der Waals surface area contributed by atoms with Gasteiger partial charge in [0.25, 0.3) is 0 Å². The number of anilines is 5. The average Bonchev–Trinajstić information content (AvgIpc) is 3.00. The minimum absolute atomic E-state index is 0.556. The predicted octanol–water partition coefficient (Wildman–Crippen LogP) is 3.38. The van der Waals surface area contributed by atoms with Gasteiger partial charge >= 0.3 is 0 Å². The van der Waals surface area contributed by atoms with Gasteiger partial charge in [-0.1, -0.05) is 30.3 Å². The van der Waals surface area contributed by atoms with Crippen molar-refractivity contribution in [2.24, 2.45) is 0 Å². The van der Waals surface area contributed by atoms with Gasteiger partial charge in [0, 0.05) is 82.5 Å². The van der Waals surface area contributed by atoms with Gasteiger partial charge in [0.1, 0.15) is 6.33 Å². The normalized spacial score (nSPS) is 16.3. The molecule has 2 aromatic heterocycles. The molecule has 2 aromatic carbocycles. The van der Waals surface area contributed by atoms with Crippen LogP contribution in [0.25, 0.3) is 0 Å². The van der Waals surface area contributed by atoms with Gasteiger partial charge < -0.3 is 24.9 Å². The number of hydrogen-bond donors (Lipinski definition) is 1. The number of likely N-dealkylation sites (N-methyl/N-ethyl adjacent to an activating group) is 1. The van der Waals surface area contributed by atoms with Gasteiger partial charge in [-0.2, -0.15) is 4.98 Å². The van der Waals surface area contributed by atoms with E-state index < -0.39 is 0 Å². The van der Waals surface area contributed by atoms with E-state index in [-0.39, 0.29) is 0 Å². The van der Waals surface area contributed by atoms with Crippen molar-refractivity contribution >= 4 is 29.2 Å². The molecule has 2 saturated heterocycles. The standard InChI is InChI=1S/C30H36N10/c1-23-18-26(38-12-10-37(2)11-13-38)8-9-27(23)35-28-33-22-34-30(36-28)40-16-14-39(15-17-40)29-31-20-25(21-32-29)19-24-6-4-3-5-7-24/h3-9,18,20-22H,10-17,19H2,1-2H3,(H,33,34,35,36). The van der Waals surface area contributed by atoms with Crippen LogP contribution in [0.1, 0.15) is 16.7 Å². The average molecular weight is 537 g/mol. The number of hydrogen-bond acceptors (Lipinski definition) is 10. The molecule has 0 saturated carbocycles. The molecule has 0 unspecified atom stereocenters. The molecule has 10 nitrogen and oxygen atoms in total. The Balaban J connectivity index is 1.05. The smallest absolute Gasteiger partial charge is 0.232 e. The van der Waals surface area contributed by atoms with Crippen LogP contribution in [0.15, 0.2) is 67.3 Å². The zero-order valence-corrected chi connectivity index (χ0v) is 23.2. The zero-order chi connectivity index (χ0) is 27.3. The summed E-state index contributed by atoms with van der Waals surface area (Å²) in [5, 5.41) is 3.40. The van der Waals surface area contributed by atoms with Crippen molar-refractivity contribution in [2.45, 2.75) is 13.3 Å². The van der Waals surface area contributed by atoms with Crippen LogP contribution >= 0.6 is 0 Å². The summed E-state index contributed by atoms with van der Waals surface area (Å²) in [6.45, 7) is 9.60. The number of benzene rings is 2. The molecule has 40 heavy (non-hydrogen) atoms. The molecule has 2 fully saturated rings. The van der Waals surface area contributed by atoms with Gasteiger partial charge in [-0.3, -0.25) is 0 Å². The van der Waals surface area contributed by atoms with Crippen molar-refractivity contribution in [3.63, 3.8) is 0 Å². The first-order chi connectivity index (χ1) is 19.6. The highest BCUT2D eigenvalue weighted by atomic mass is 15.4. The van der Waals surface area contributed by atoms with Crippen LogP contribution in [0.5, 0.6) is 0 Å². The van der Waals surface area contributed by atoms with Crippen LogP contribution in [0.2, 0.25) is 0 Å². The quantitative estimate of drug-likeness (QED) is 0.379. The maximum absolute atomic E-state index is 4.73. The van der Waals surface area contributed by atoms with Crippen molar-refractivity contribution in [1.82, 2.24) is 29.8 Å². The lowest BCUT2D eigenvalue weighted by molar-refractivity contribution is 0.313. The molecule has 0 bridgehead atoms. The highest BCUT2D eigenvalue weighted by Gasteiger charge is 2.21. The number of aromatic nitrogens is 5. The summed E-state index contributed by atoms with van der Waals surface area (Å²) in [6, 6.07) is 16.9. The van der Waals surface area contributed by atoms with Gasteiger partial charge in [-0.05, 0) is 48.9 Å². The molecule has 206 valence electrons. The summed E-state index contributed by atoms with van der Waals surface area (Å²) in [5.74, 6) is 2.01. The van der Waals surface area contributed by atoms with Gasteiger partial charge in [-0.25, -0.2) is 19.9 Å². The molecular formula is C30H36N10. The first-order valence-corrected chi connectivity index (χ1v) is 14.0. The Kier molecular flexibility index (Phi) is 7.67. The monoisotopic (exact) mass is 536 g/mol. The van der Waals surface area contributed by atoms with Gasteiger partial charge in [-0.15, -0.1) is 0 Å². The third-order valence-corrected chi connectivity index (χ3v) is 7.67. The summed E-state index contributed by atoms with van der Waals surface area (Å²) in [7, 11) is 2.18. The third kappa shape index (κ3) is 6.12. The first-order valence-electron chi connectivity index (χ1n) is 14.0. The molecule has 4 heterocycles. The number of nitrogens with zero attached hydrogens (tertiary/aromatic N) is 9. The molecule has 0 atom stereocenters. The Morgan fingerprint density at radius 3 is 2.08 bits per heavy atom. The van der Waals surface area contributed by atoms with Crippen LogP contribution in [-0.2, 0) is 6.42 Å². The molecule has 1 N–H and O–H groups in total. The summed E-state index contributed by atoms with van der Waals surface area (Å²) in [4.78, 5) is 32.1. The second-order valence-corrected chi connectivity index (χ2v) is 10.6. The highest BCUT2D eigenvalue weighted by molar-refractivity contribution is 5.64. The van der Waals surface area contributed by atoms with Gasteiger partial charge in [0.05, 0.1) is 0 Å². The Hall–Kier alpha value is -4.31. The van der Waals surface area contributed by atoms with E-state index in [2.05, 4.69) is 101 Å². The lowest BCUT2D eigenvalue weighted by atomic mass is 10.1. The summed E-state index contributed by atoms with van der Waals surface area (Å²) in [6.07, 6.45) is 6.29. The molecule has 0 amide bonds. The largest absolute Gasteiger partial charge is 0.369 e. The second-order valence-electron chi connectivity index (χ2n) is 10.6. The predicted molar refractivity (Wildman–Crippen MR) is 160 cm³/mol. The Bertz CT molecular complexity index is 1400. The van der Waals surface area contributed by atoms with Crippen LogP contribution in [-0.4, -0.2) is 89.2 Å². The number of nitrogens with one attached hydrogen (secondary N) is 1. The molecule has 0 aliphatic carbocycles. The van der Waals surface area contributed by atoms with Crippen LogP contribution in [0.3, 0.4) is 0 Å². The lowest BCUT2D eigenvalue weighted by Gasteiger charge is -2.34. The maximum atomic E-state index is 4.73. The number of rotatable bonds is 7. The van der Waals surface area contributed by atoms with Crippen molar-refractivity contribution in [2.75, 3.05) is 79.4 Å². The summed E-state index contributed by atoms with van der Waals surface area (Å²) < 4.78 is 0. The van der Waals surface area contributed by atoms with E-state index in [4.69, 9.17) is 4.98 Å². The van der Waals surface area contributed by atoms with Crippen molar-refractivity contribution in [3.8, 4) is 0 Å². The minimum atomic E-state index is 0.556. The van der Waals surface area contributed by atoms with E-state index in [1.807, 2.05) is 18.5 Å². The molecule has 10 heteroatoms. The topological polar surface area (TPSA) is 89.4 Å².